The van der Waals surface area contributed by atoms with Gasteiger partial charge in [-0.2, -0.15) is 0 Å². The molecule has 0 aromatic heterocycles. The summed E-state index contributed by atoms with van der Waals surface area (Å²) in [5.41, 5.74) is -1.00. The van der Waals surface area contributed by atoms with Crippen molar-refractivity contribution in [2.45, 2.75) is 66.2 Å². The van der Waals surface area contributed by atoms with Gasteiger partial charge in [0.15, 0.2) is 5.76 Å². The quantitative estimate of drug-likeness (QED) is 0.481. The smallest absolute Gasteiger partial charge is 0.306 e. The summed E-state index contributed by atoms with van der Waals surface area (Å²) < 4.78 is 0. The van der Waals surface area contributed by atoms with Crippen molar-refractivity contribution in [2.75, 3.05) is 0 Å². The number of ketones is 2. The number of hydrogen-bond acceptors (Lipinski definition) is 5. The molecule has 0 aliphatic heterocycles. The largest absolute Gasteiger partial charge is 0.504 e. The Balaban J connectivity index is 2.71. The van der Waals surface area contributed by atoms with E-state index < -0.39 is 40.7 Å². The summed E-state index contributed by atoms with van der Waals surface area (Å²) in [5.74, 6) is -4.83. The molecule has 0 bridgehead atoms. The number of aliphatic hydroxyl groups excluding tert-OH is 1. The number of carbonyl (C=O) groups excluding carboxylic acids is 3. The highest BCUT2D eigenvalue weighted by Crippen LogP contribution is 2.57. The zero-order chi connectivity index (χ0) is 21.2. The van der Waals surface area contributed by atoms with E-state index in [1.54, 1.807) is 6.92 Å². The van der Waals surface area contributed by atoms with Crippen molar-refractivity contribution in [2.24, 2.45) is 35.0 Å². The van der Waals surface area contributed by atoms with Gasteiger partial charge in [0.2, 0.25) is 5.78 Å². The molecule has 0 aromatic rings. The van der Waals surface area contributed by atoms with E-state index in [0.29, 0.717) is 31.1 Å². The average molecular weight is 392 g/mol. The molecule has 2 aliphatic carbocycles. The molecule has 2 N–H and O–H groups in total. The number of allylic oxidation sites excluding steroid dienone is 2. The molecular weight excluding hydrogens is 360 g/mol. The highest BCUT2D eigenvalue weighted by molar-refractivity contribution is 6.04. The molecular formula is C22H32O6. The molecule has 6 atom stereocenters. The van der Waals surface area contributed by atoms with E-state index in [2.05, 4.69) is 0 Å². The maximum Gasteiger partial charge on any atom is 0.306 e. The van der Waals surface area contributed by atoms with Gasteiger partial charge in [0.25, 0.3) is 0 Å². The Morgan fingerprint density at radius 2 is 1.96 bits per heavy atom. The summed E-state index contributed by atoms with van der Waals surface area (Å²) in [6, 6.07) is 0. The van der Waals surface area contributed by atoms with Crippen LogP contribution in [0.1, 0.15) is 66.2 Å². The van der Waals surface area contributed by atoms with Crippen LogP contribution in [0.4, 0.5) is 0 Å². The SMILES string of the molecule is CCCCC(C)C1=C(O)C(=O)C2CC(C)CC(C(=O)O)C2C1(C)C(=O)CC=O. The molecule has 1 fully saturated rings. The first kappa shape index (κ1) is 22.3. The van der Waals surface area contributed by atoms with Crippen molar-refractivity contribution in [3.05, 3.63) is 11.3 Å². The third kappa shape index (κ3) is 3.65. The predicted molar refractivity (Wildman–Crippen MR) is 104 cm³/mol. The third-order valence-corrected chi connectivity index (χ3v) is 6.88. The molecule has 0 saturated heterocycles. The van der Waals surface area contributed by atoms with Crippen LogP contribution in [-0.4, -0.2) is 34.0 Å². The minimum atomic E-state index is -1.33. The summed E-state index contributed by atoms with van der Waals surface area (Å²) in [7, 11) is 0. The monoisotopic (exact) mass is 392 g/mol. The summed E-state index contributed by atoms with van der Waals surface area (Å²) in [4.78, 5) is 49.5. The van der Waals surface area contributed by atoms with E-state index >= 15 is 0 Å². The molecule has 28 heavy (non-hydrogen) atoms. The topological polar surface area (TPSA) is 109 Å². The lowest BCUT2D eigenvalue weighted by molar-refractivity contribution is -0.156. The van der Waals surface area contributed by atoms with E-state index in [9.17, 15) is 29.4 Å². The third-order valence-electron chi connectivity index (χ3n) is 6.88. The van der Waals surface area contributed by atoms with Gasteiger partial charge < -0.3 is 15.0 Å². The number of hydrogen-bond donors (Lipinski definition) is 2. The summed E-state index contributed by atoms with van der Waals surface area (Å²) in [6.07, 6.45) is 3.45. The predicted octanol–water partition coefficient (Wildman–Crippen LogP) is 3.74. The zero-order valence-corrected chi connectivity index (χ0v) is 17.2. The lowest BCUT2D eigenvalue weighted by atomic mass is 9.49. The van der Waals surface area contributed by atoms with E-state index in [4.69, 9.17) is 0 Å². The highest BCUT2D eigenvalue weighted by Gasteiger charge is 2.60. The van der Waals surface area contributed by atoms with Crippen LogP contribution >= 0.6 is 0 Å². The van der Waals surface area contributed by atoms with Gasteiger partial charge >= 0.3 is 5.97 Å². The van der Waals surface area contributed by atoms with Gasteiger partial charge in [0.1, 0.15) is 12.1 Å². The van der Waals surface area contributed by atoms with Crippen LogP contribution in [0.15, 0.2) is 11.3 Å². The van der Waals surface area contributed by atoms with E-state index in [1.165, 1.54) is 0 Å². The number of carboxylic acid groups (broad SMARTS) is 1. The number of fused-ring (bicyclic) bond motifs is 1. The number of aliphatic carboxylic acids is 1. The second kappa shape index (κ2) is 8.58. The standard InChI is InChI=1S/C22H32O6/c1-5-6-7-13(3)17-20(26)19(25)14-10-12(2)11-15(21(27)28)18(14)22(17,4)16(24)8-9-23/h9,12-15,18,26H,5-8,10-11H2,1-4H3,(H,27,28). The number of carbonyl (C=O) groups is 4. The molecule has 2 rings (SSSR count). The Labute approximate surface area is 166 Å². The Morgan fingerprint density at radius 1 is 1.32 bits per heavy atom. The van der Waals surface area contributed by atoms with Crippen molar-refractivity contribution in [1.29, 1.82) is 0 Å². The summed E-state index contributed by atoms with van der Waals surface area (Å²) >= 11 is 0. The maximum atomic E-state index is 13.2. The van der Waals surface area contributed by atoms with Crippen molar-refractivity contribution in [3.8, 4) is 0 Å². The van der Waals surface area contributed by atoms with Crippen LogP contribution in [-0.2, 0) is 19.2 Å². The molecule has 6 heteroatoms. The van der Waals surface area contributed by atoms with Gasteiger partial charge in [-0.05, 0) is 49.5 Å². The van der Waals surface area contributed by atoms with Crippen molar-refractivity contribution < 1.29 is 29.4 Å². The van der Waals surface area contributed by atoms with E-state index in [1.807, 2.05) is 20.8 Å². The minimum Gasteiger partial charge on any atom is -0.504 e. The lowest BCUT2D eigenvalue weighted by Gasteiger charge is -2.52. The molecule has 1 saturated carbocycles. The van der Waals surface area contributed by atoms with Crippen LogP contribution in [0, 0.1) is 35.0 Å². The summed E-state index contributed by atoms with van der Waals surface area (Å²) in [5, 5.41) is 20.7. The molecule has 2 aliphatic rings. The van der Waals surface area contributed by atoms with Crippen molar-refractivity contribution in [3.63, 3.8) is 0 Å². The van der Waals surface area contributed by atoms with Crippen LogP contribution in [0.3, 0.4) is 0 Å². The zero-order valence-electron chi connectivity index (χ0n) is 17.2. The number of Topliss-reactive ketones (excluding diaryl/α,β-unsaturated/α-hetero) is 2. The van der Waals surface area contributed by atoms with Gasteiger partial charge in [-0.3, -0.25) is 14.4 Å². The Morgan fingerprint density at radius 3 is 2.50 bits per heavy atom. The molecule has 0 radical (unpaired) electrons. The molecule has 6 nitrogen and oxygen atoms in total. The number of unbranched alkanes of at least 4 members (excludes halogenated alkanes) is 1. The van der Waals surface area contributed by atoms with Crippen molar-refractivity contribution in [1.82, 2.24) is 0 Å². The van der Waals surface area contributed by atoms with Crippen molar-refractivity contribution >= 4 is 23.8 Å². The molecule has 0 heterocycles. The number of rotatable bonds is 8. The Bertz CT molecular complexity index is 693. The first-order valence-corrected chi connectivity index (χ1v) is 10.3. The van der Waals surface area contributed by atoms with Crippen LogP contribution < -0.4 is 0 Å². The Kier molecular flexibility index (Phi) is 6.84. The van der Waals surface area contributed by atoms with Gasteiger partial charge in [-0.15, -0.1) is 0 Å². The number of carboxylic acids is 1. The highest BCUT2D eigenvalue weighted by atomic mass is 16.4. The first-order valence-electron chi connectivity index (χ1n) is 10.3. The Hall–Kier alpha value is -1.98. The van der Waals surface area contributed by atoms with E-state index in [0.717, 1.165) is 12.8 Å². The summed E-state index contributed by atoms with van der Waals surface area (Å²) in [6.45, 7) is 7.43. The van der Waals surface area contributed by atoms with Crippen LogP contribution in [0.25, 0.3) is 0 Å². The van der Waals surface area contributed by atoms with Gasteiger partial charge in [0.05, 0.1) is 17.8 Å². The fourth-order valence-corrected chi connectivity index (χ4v) is 5.62. The average Bonchev–Trinajstić information content (AvgIpc) is 2.63. The second-order valence-electron chi connectivity index (χ2n) is 8.82. The second-order valence-corrected chi connectivity index (χ2v) is 8.82. The normalized spacial score (nSPS) is 33.9. The van der Waals surface area contributed by atoms with Gasteiger partial charge in [-0.1, -0.05) is 33.6 Å². The lowest BCUT2D eigenvalue weighted by Crippen LogP contribution is -2.56. The minimum absolute atomic E-state index is 0.00332. The molecule has 156 valence electrons. The van der Waals surface area contributed by atoms with Gasteiger partial charge in [-0.25, -0.2) is 0 Å². The maximum absolute atomic E-state index is 13.2. The first-order chi connectivity index (χ1) is 13.1. The van der Waals surface area contributed by atoms with Crippen LogP contribution in [0.2, 0.25) is 0 Å². The molecule has 6 unspecified atom stereocenters. The molecule has 0 aromatic carbocycles. The number of aliphatic hydroxyl groups is 1. The van der Waals surface area contributed by atoms with Crippen LogP contribution in [0.5, 0.6) is 0 Å². The fourth-order valence-electron chi connectivity index (χ4n) is 5.62. The van der Waals surface area contributed by atoms with Gasteiger partial charge in [0, 0.05) is 5.92 Å². The number of aldehydes is 1. The van der Waals surface area contributed by atoms with E-state index in [-0.39, 0.29) is 24.0 Å². The molecule has 0 spiro atoms. The fraction of sp³-hybridized carbons (Fsp3) is 0.727. The molecule has 0 amide bonds.